The topological polar surface area (TPSA) is 29.1 Å². The fourth-order valence-electron chi connectivity index (χ4n) is 2.09. The van der Waals surface area contributed by atoms with Crippen LogP contribution in [0.1, 0.15) is 45.7 Å². The number of hydrogen-bond donors (Lipinski definition) is 1. The Labute approximate surface area is 116 Å². The van der Waals surface area contributed by atoms with Gasteiger partial charge in [0.25, 0.3) is 0 Å². The van der Waals surface area contributed by atoms with Gasteiger partial charge in [-0.25, -0.2) is 0 Å². The van der Waals surface area contributed by atoms with Crippen molar-refractivity contribution in [2.75, 3.05) is 0 Å². The molecule has 0 saturated carbocycles. The monoisotopic (exact) mass is 259 g/mol. The Morgan fingerprint density at radius 3 is 2.42 bits per heavy atom. The summed E-state index contributed by atoms with van der Waals surface area (Å²) in [5, 5.41) is 3.08. The van der Waals surface area contributed by atoms with Crippen molar-refractivity contribution in [2.45, 2.75) is 40.2 Å². The number of rotatable bonds is 6. The summed E-state index contributed by atoms with van der Waals surface area (Å²) in [5.41, 5.74) is 0.973. The predicted octanol–water partition coefficient (Wildman–Crippen LogP) is 4.10. The number of allylic oxidation sites excluding steroid dienone is 1. The van der Waals surface area contributed by atoms with Gasteiger partial charge in [0.15, 0.2) is 0 Å². The number of nitrogens with one attached hydrogen (secondary N) is 1. The second-order valence-corrected chi connectivity index (χ2v) is 5.43. The van der Waals surface area contributed by atoms with Gasteiger partial charge in [-0.15, -0.1) is 6.58 Å². The lowest BCUT2D eigenvalue weighted by molar-refractivity contribution is -0.128. The van der Waals surface area contributed by atoms with Crippen molar-refractivity contribution in [1.82, 2.24) is 5.32 Å². The molecular formula is C17H25NO. The van der Waals surface area contributed by atoms with E-state index in [2.05, 4.69) is 25.7 Å². The Morgan fingerprint density at radius 1 is 1.37 bits per heavy atom. The maximum Gasteiger partial charge on any atom is 0.224 e. The van der Waals surface area contributed by atoms with E-state index in [4.69, 9.17) is 0 Å². The number of benzene rings is 1. The van der Waals surface area contributed by atoms with E-state index in [-0.39, 0.29) is 23.3 Å². The van der Waals surface area contributed by atoms with Crippen LogP contribution in [0.4, 0.5) is 0 Å². The first-order valence-electron chi connectivity index (χ1n) is 6.93. The lowest BCUT2D eigenvalue weighted by Crippen LogP contribution is -2.38. The summed E-state index contributed by atoms with van der Waals surface area (Å²) < 4.78 is 0. The van der Waals surface area contributed by atoms with Crippen LogP contribution in [0.15, 0.2) is 43.0 Å². The van der Waals surface area contributed by atoms with Gasteiger partial charge in [0.05, 0.1) is 6.04 Å². The molecule has 1 aromatic rings. The molecule has 0 radical (unpaired) electrons. The van der Waals surface area contributed by atoms with Crippen molar-refractivity contribution in [3.8, 4) is 0 Å². The maximum absolute atomic E-state index is 12.3. The van der Waals surface area contributed by atoms with Crippen molar-refractivity contribution >= 4 is 5.91 Å². The summed E-state index contributed by atoms with van der Waals surface area (Å²) in [4.78, 5) is 12.3. The molecule has 1 aromatic carbocycles. The molecule has 0 heterocycles. The van der Waals surface area contributed by atoms with Gasteiger partial charge in [-0.05, 0) is 24.3 Å². The largest absolute Gasteiger partial charge is 0.349 e. The zero-order chi connectivity index (χ0) is 14.5. The highest BCUT2D eigenvalue weighted by atomic mass is 16.1. The molecule has 0 aliphatic rings. The quantitative estimate of drug-likeness (QED) is 0.766. The second-order valence-electron chi connectivity index (χ2n) is 5.43. The lowest BCUT2D eigenvalue weighted by atomic mass is 9.75. The Hall–Kier alpha value is -1.57. The van der Waals surface area contributed by atoms with Crippen LogP contribution in [0, 0.1) is 11.3 Å². The van der Waals surface area contributed by atoms with Crippen LogP contribution in [0.2, 0.25) is 0 Å². The van der Waals surface area contributed by atoms with Crippen molar-refractivity contribution < 1.29 is 4.79 Å². The first-order chi connectivity index (χ1) is 8.94. The third kappa shape index (κ3) is 3.69. The molecule has 0 aliphatic heterocycles. The normalized spacial score (nSPS) is 17.1. The molecule has 2 heteroatoms. The van der Waals surface area contributed by atoms with Crippen LogP contribution in [0.3, 0.4) is 0 Å². The third-order valence-corrected chi connectivity index (χ3v) is 4.27. The second kappa shape index (κ2) is 6.55. The molecule has 0 bridgehead atoms. The van der Waals surface area contributed by atoms with E-state index < -0.39 is 0 Å². The van der Waals surface area contributed by atoms with Gasteiger partial charge in [0.2, 0.25) is 5.91 Å². The minimum absolute atomic E-state index is 0.0297. The Kier molecular flexibility index (Phi) is 5.34. The van der Waals surface area contributed by atoms with E-state index in [9.17, 15) is 4.79 Å². The van der Waals surface area contributed by atoms with Gasteiger partial charge in [-0.1, -0.05) is 57.2 Å². The highest BCUT2D eigenvalue weighted by molar-refractivity contribution is 5.79. The van der Waals surface area contributed by atoms with E-state index >= 15 is 0 Å². The summed E-state index contributed by atoms with van der Waals surface area (Å²) in [5.74, 6) is 0.00163. The fourth-order valence-corrected chi connectivity index (χ4v) is 2.09. The molecule has 2 nitrogen and oxygen atoms in total. The summed E-state index contributed by atoms with van der Waals surface area (Å²) in [6.45, 7) is 12.0. The molecule has 0 spiro atoms. The molecule has 0 aromatic heterocycles. The van der Waals surface area contributed by atoms with Crippen LogP contribution in [0.5, 0.6) is 0 Å². The number of amides is 1. The van der Waals surface area contributed by atoms with E-state index in [0.717, 1.165) is 12.0 Å². The standard InChI is InChI=1S/C17H25NO/c1-6-17(5,7-2)13(3)16(19)18-14(4)15-11-9-8-10-12-15/h6,8-14H,1,7H2,2-5H3,(H,18,19)/t13-,14+,17+/m1/s1. The van der Waals surface area contributed by atoms with Gasteiger partial charge < -0.3 is 5.32 Å². The molecule has 1 rings (SSSR count). The van der Waals surface area contributed by atoms with Gasteiger partial charge in [-0.3, -0.25) is 4.79 Å². The average Bonchev–Trinajstić information content (AvgIpc) is 2.46. The molecule has 1 amide bonds. The summed E-state index contributed by atoms with van der Waals surface area (Å²) in [6.07, 6.45) is 2.80. The molecule has 19 heavy (non-hydrogen) atoms. The average molecular weight is 259 g/mol. The minimum Gasteiger partial charge on any atom is -0.349 e. The fraction of sp³-hybridized carbons (Fsp3) is 0.471. The van der Waals surface area contributed by atoms with Crippen LogP contribution < -0.4 is 5.32 Å². The molecule has 104 valence electrons. The number of carbonyl (C=O) groups excluding carboxylic acids is 1. The molecule has 0 saturated heterocycles. The van der Waals surface area contributed by atoms with Crippen LogP contribution in [0.25, 0.3) is 0 Å². The Balaban J connectivity index is 2.72. The number of hydrogen-bond acceptors (Lipinski definition) is 1. The summed E-state index contributed by atoms with van der Waals surface area (Å²) in [7, 11) is 0. The van der Waals surface area contributed by atoms with Gasteiger partial charge in [0, 0.05) is 5.92 Å². The first kappa shape index (κ1) is 15.5. The van der Waals surface area contributed by atoms with Crippen LogP contribution >= 0.6 is 0 Å². The molecule has 1 N–H and O–H groups in total. The molecule has 0 aliphatic carbocycles. The van der Waals surface area contributed by atoms with E-state index in [1.807, 2.05) is 50.3 Å². The maximum atomic E-state index is 12.3. The third-order valence-electron chi connectivity index (χ3n) is 4.27. The predicted molar refractivity (Wildman–Crippen MR) is 80.8 cm³/mol. The van der Waals surface area contributed by atoms with Crippen LogP contribution in [-0.2, 0) is 4.79 Å². The number of carbonyl (C=O) groups is 1. The Morgan fingerprint density at radius 2 is 1.95 bits per heavy atom. The smallest absolute Gasteiger partial charge is 0.224 e. The summed E-state index contributed by atoms with van der Waals surface area (Å²) in [6, 6.07) is 10.0. The molecule has 0 unspecified atom stereocenters. The van der Waals surface area contributed by atoms with Crippen molar-refractivity contribution in [3.63, 3.8) is 0 Å². The highest BCUT2D eigenvalue weighted by Gasteiger charge is 2.31. The van der Waals surface area contributed by atoms with Crippen molar-refractivity contribution in [1.29, 1.82) is 0 Å². The lowest BCUT2D eigenvalue weighted by Gasteiger charge is -2.31. The van der Waals surface area contributed by atoms with Gasteiger partial charge >= 0.3 is 0 Å². The first-order valence-corrected chi connectivity index (χ1v) is 6.93. The Bertz CT molecular complexity index is 426. The minimum atomic E-state index is -0.152. The van der Waals surface area contributed by atoms with Gasteiger partial charge in [0.1, 0.15) is 0 Å². The van der Waals surface area contributed by atoms with E-state index in [1.54, 1.807) is 0 Å². The molecule has 0 fully saturated rings. The SMILES string of the molecule is C=C[C@@](C)(CC)[C@H](C)C(=O)N[C@@H](C)c1ccccc1. The molecule has 3 atom stereocenters. The molecular weight excluding hydrogens is 234 g/mol. The summed E-state index contributed by atoms with van der Waals surface area (Å²) >= 11 is 0. The van der Waals surface area contributed by atoms with E-state index in [1.165, 1.54) is 0 Å². The van der Waals surface area contributed by atoms with Crippen molar-refractivity contribution in [2.24, 2.45) is 11.3 Å². The highest BCUT2D eigenvalue weighted by Crippen LogP contribution is 2.32. The zero-order valence-corrected chi connectivity index (χ0v) is 12.4. The van der Waals surface area contributed by atoms with E-state index in [0.29, 0.717) is 0 Å². The zero-order valence-electron chi connectivity index (χ0n) is 12.4. The van der Waals surface area contributed by atoms with Crippen LogP contribution in [-0.4, -0.2) is 5.91 Å². The van der Waals surface area contributed by atoms with Crippen molar-refractivity contribution in [3.05, 3.63) is 48.6 Å². The van der Waals surface area contributed by atoms with Gasteiger partial charge in [-0.2, -0.15) is 0 Å².